The van der Waals surface area contributed by atoms with Crippen molar-refractivity contribution in [2.75, 3.05) is 0 Å². The molecule has 0 amide bonds. The highest BCUT2D eigenvalue weighted by molar-refractivity contribution is 5.95. The fraction of sp³-hybridized carbons (Fsp3) is 0.536. The second-order valence-electron chi connectivity index (χ2n) is 11.7. The normalized spacial score (nSPS) is 25.0. The van der Waals surface area contributed by atoms with Crippen LogP contribution in [-0.4, -0.2) is 43.0 Å². The minimum absolute atomic E-state index is 0.0951. The molecule has 0 aromatic carbocycles. The average molecular weight is 491 g/mol. The van der Waals surface area contributed by atoms with Crippen molar-refractivity contribution in [2.24, 2.45) is 5.41 Å². The molecule has 1 saturated heterocycles. The van der Waals surface area contributed by atoms with Gasteiger partial charge >= 0.3 is 5.97 Å². The number of nitrogens with one attached hydrogen (secondary N) is 1. The minimum atomic E-state index is -1.30. The second kappa shape index (κ2) is 9.29. The van der Waals surface area contributed by atoms with Crippen molar-refractivity contribution in [3.8, 4) is 6.07 Å². The monoisotopic (exact) mass is 490 g/mol. The summed E-state index contributed by atoms with van der Waals surface area (Å²) in [5.41, 5.74) is 2.08. The fourth-order valence-corrected chi connectivity index (χ4v) is 5.39. The molecular weight excluding hydrogens is 456 g/mol. The van der Waals surface area contributed by atoms with E-state index in [2.05, 4.69) is 29.9 Å². The molecule has 1 aliphatic heterocycles. The molecule has 2 aromatic heterocycles. The van der Waals surface area contributed by atoms with E-state index in [-0.39, 0.29) is 35.1 Å². The van der Waals surface area contributed by atoms with Crippen LogP contribution in [0.1, 0.15) is 106 Å². The van der Waals surface area contributed by atoms with Crippen LogP contribution >= 0.6 is 0 Å². The maximum atomic E-state index is 13.0. The third-order valence-electron chi connectivity index (χ3n) is 7.33. The number of hydrogen-bond donors (Lipinski definition) is 2. The van der Waals surface area contributed by atoms with E-state index in [0.29, 0.717) is 12.8 Å². The maximum absolute atomic E-state index is 13.0. The summed E-state index contributed by atoms with van der Waals surface area (Å²) < 4.78 is 5.96. The molecule has 190 valence electrons. The predicted octanol–water partition coefficient (Wildman–Crippen LogP) is 5.21. The van der Waals surface area contributed by atoms with Crippen molar-refractivity contribution in [1.82, 2.24) is 15.0 Å². The molecule has 8 nitrogen and oxygen atoms in total. The third-order valence-corrected chi connectivity index (χ3v) is 7.33. The summed E-state index contributed by atoms with van der Waals surface area (Å²) in [5.74, 6) is -1.13. The Kier molecular flexibility index (Phi) is 6.65. The Bertz CT molecular complexity index is 1270. The first-order chi connectivity index (χ1) is 16.8. The summed E-state index contributed by atoms with van der Waals surface area (Å²) in [6, 6.07) is 5.81. The Morgan fingerprint density at radius 3 is 2.58 bits per heavy atom. The van der Waals surface area contributed by atoms with E-state index in [9.17, 15) is 14.7 Å². The Balaban J connectivity index is 1.71. The summed E-state index contributed by atoms with van der Waals surface area (Å²) in [7, 11) is 0. The zero-order valence-electron chi connectivity index (χ0n) is 21.6. The lowest BCUT2D eigenvalue weighted by molar-refractivity contribution is -0.200. The molecule has 1 aliphatic carbocycles. The average Bonchev–Trinajstić information content (AvgIpc) is 3.28. The molecular formula is C28H34N4O4. The number of rotatable bonds is 6. The van der Waals surface area contributed by atoms with Crippen LogP contribution < -0.4 is 0 Å². The molecule has 0 saturated carbocycles. The van der Waals surface area contributed by atoms with Crippen LogP contribution in [-0.2, 0) is 16.0 Å². The number of H-pyrrole nitrogens is 1. The van der Waals surface area contributed by atoms with Crippen LogP contribution in [0.5, 0.6) is 0 Å². The van der Waals surface area contributed by atoms with Gasteiger partial charge in [-0.2, -0.15) is 5.26 Å². The van der Waals surface area contributed by atoms with E-state index in [1.807, 2.05) is 32.0 Å². The minimum Gasteiger partial charge on any atom is -0.479 e. The lowest BCUT2D eigenvalue weighted by atomic mass is 9.76. The standard InChI is InChI=1S/C28H34N4O4/c1-26(2)10-8-17(9-11-26)23-18(12-22(33)24-30-16-20(15-29)31-24)6-7-21(32-23)19-13-27(3,4)36-28(5,14-19)25(34)35/h6-8,16,19H,9-14H2,1-5H3,(H,30,31)(H,34,35). The molecule has 3 heterocycles. The van der Waals surface area contributed by atoms with Gasteiger partial charge in [0.25, 0.3) is 0 Å². The molecule has 0 bridgehead atoms. The Morgan fingerprint density at radius 2 is 1.97 bits per heavy atom. The molecule has 2 aromatic rings. The summed E-state index contributed by atoms with van der Waals surface area (Å²) in [6.45, 7) is 9.95. The number of ketones is 1. The van der Waals surface area contributed by atoms with Gasteiger partial charge in [0, 0.05) is 18.0 Å². The van der Waals surface area contributed by atoms with Crippen LogP contribution in [0.3, 0.4) is 0 Å². The molecule has 8 heteroatoms. The van der Waals surface area contributed by atoms with Crippen molar-refractivity contribution in [3.63, 3.8) is 0 Å². The number of aromatic nitrogens is 3. The molecule has 2 atom stereocenters. The van der Waals surface area contributed by atoms with Crippen LogP contribution in [0.15, 0.2) is 24.4 Å². The van der Waals surface area contributed by atoms with Gasteiger partial charge in [0.05, 0.1) is 17.5 Å². The Labute approximate surface area is 211 Å². The SMILES string of the molecule is CC1(C)CC=C(c2nc(C3CC(C)(C)OC(C)(C(=O)O)C3)ccc2CC(=O)c2ncc(C#N)[nH]2)CC1. The van der Waals surface area contributed by atoms with Gasteiger partial charge in [-0.1, -0.05) is 26.0 Å². The molecule has 2 aliphatic rings. The van der Waals surface area contributed by atoms with E-state index in [4.69, 9.17) is 15.0 Å². The molecule has 1 fully saturated rings. The van der Waals surface area contributed by atoms with Crippen LogP contribution in [0.4, 0.5) is 0 Å². The molecule has 2 N–H and O–H groups in total. The number of nitrogens with zero attached hydrogens (tertiary/aromatic N) is 3. The van der Waals surface area contributed by atoms with E-state index >= 15 is 0 Å². The number of nitriles is 1. The zero-order chi connectivity index (χ0) is 26.3. The van der Waals surface area contributed by atoms with Gasteiger partial charge in [0.2, 0.25) is 5.78 Å². The quantitative estimate of drug-likeness (QED) is 0.532. The lowest BCUT2D eigenvalue weighted by Crippen LogP contribution is -2.51. The van der Waals surface area contributed by atoms with Crippen molar-refractivity contribution >= 4 is 17.3 Å². The number of pyridine rings is 1. The first-order valence-corrected chi connectivity index (χ1v) is 12.4. The van der Waals surface area contributed by atoms with E-state index in [1.54, 1.807) is 6.92 Å². The van der Waals surface area contributed by atoms with Crippen molar-refractivity contribution in [3.05, 3.63) is 52.9 Å². The van der Waals surface area contributed by atoms with Gasteiger partial charge in [-0.05, 0) is 75.5 Å². The van der Waals surface area contributed by atoms with E-state index < -0.39 is 17.2 Å². The van der Waals surface area contributed by atoms with Crippen LogP contribution in [0.2, 0.25) is 0 Å². The Morgan fingerprint density at radius 1 is 1.22 bits per heavy atom. The van der Waals surface area contributed by atoms with Crippen LogP contribution in [0, 0.1) is 16.7 Å². The molecule has 0 spiro atoms. The first-order valence-electron chi connectivity index (χ1n) is 12.4. The summed E-state index contributed by atoms with van der Waals surface area (Å²) in [5, 5.41) is 18.9. The first kappa shape index (κ1) is 25.8. The molecule has 36 heavy (non-hydrogen) atoms. The summed E-state index contributed by atoms with van der Waals surface area (Å²) in [4.78, 5) is 36.9. The van der Waals surface area contributed by atoms with Crippen molar-refractivity contribution < 1.29 is 19.4 Å². The largest absolute Gasteiger partial charge is 0.479 e. The third kappa shape index (κ3) is 5.41. The number of ether oxygens (including phenoxy) is 1. The number of carboxylic acid groups (broad SMARTS) is 1. The highest BCUT2D eigenvalue weighted by Gasteiger charge is 2.48. The topological polar surface area (TPSA) is 129 Å². The number of Topliss-reactive ketones (excluding diaryl/α,β-unsaturated/α-hetero) is 1. The molecule has 2 unspecified atom stereocenters. The predicted molar refractivity (Wildman–Crippen MR) is 134 cm³/mol. The molecule has 4 rings (SSSR count). The number of carbonyl (C=O) groups is 2. The van der Waals surface area contributed by atoms with Gasteiger partial charge in [-0.25, -0.2) is 9.78 Å². The summed E-state index contributed by atoms with van der Waals surface area (Å²) in [6.07, 6.45) is 7.45. The van der Waals surface area contributed by atoms with E-state index in [0.717, 1.165) is 41.8 Å². The van der Waals surface area contributed by atoms with Gasteiger partial charge in [0.1, 0.15) is 11.8 Å². The highest BCUT2D eigenvalue weighted by atomic mass is 16.5. The van der Waals surface area contributed by atoms with Crippen LogP contribution in [0.25, 0.3) is 5.57 Å². The summed E-state index contributed by atoms with van der Waals surface area (Å²) >= 11 is 0. The number of allylic oxidation sites excluding steroid dienone is 2. The van der Waals surface area contributed by atoms with Crippen molar-refractivity contribution in [1.29, 1.82) is 5.26 Å². The number of aromatic amines is 1. The lowest BCUT2D eigenvalue weighted by Gasteiger charge is -2.44. The van der Waals surface area contributed by atoms with Gasteiger partial charge in [-0.3, -0.25) is 9.78 Å². The highest BCUT2D eigenvalue weighted by Crippen LogP contribution is 2.44. The maximum Gasteiger partial charge on any atom is 0.335 e. The zero-order valence-corrected chi connectivity index (χ0v) is 21.6. The number of hydrogen-bond acceptors (Lipinski definition) is 6. The van der Waals surface area contributed by atoms with Gasteiger partial charge < -0.3 is 14.8 Å². The van der Waals surface area contributed by atoms with Gasteiger partial charge in [0.15, 0.2) is 11.4 Å². The van der Waals surface area contributed by atoms with E-state index in [1.165, 1.54) is 6.20 Å². The second-order valence-corrected chi connectivity index (χ2v) is 11.7. The number of carboxylic acids is 1. The number of carbonyl (C=O) groups excluding carboxylic acids is 1. The number of aliphatic carboxylic acids is 1. The smallest absolute Gasteiger partial charge is 0.335 e. The fourth-order valence-electron chi connectivity index (χ4n) is 5.39. The van der Waals surface area contributed by atoms with Gasteiger partial charge in [-0.15, -0.1) is 0 Å². The molecule has 0 radical (unpaired) electrons. The van der Waals surface area contributed by atoms with Crippen molar-refractivity contribution in [2.45, 2.75) is 90.3 Å². The number of imidazole rings is 1. The Hall–Kier alpha value is -3.31.